The quantitative estimate of drug-likeness (QED) is 0.443. The largest absolute Gasteiger partial charge is 0.398 e. The summed E-state index contributed by atoms with van der Waals surface area (Å²) in [5.74, 6) is 0. The van der Waals surface area contributed by atoms with Crippen LogP contribution in [0.2, 0.25) is 0 Å². The fraction of sp³-hybridized carbons (Fsp3) is 0.111. The minimum absolute atomic E-state index is 0.819. The smallest absolute Gasteiger partial charge is 0.0743 e. The number of thiophene rings is 1. The molecule has 0 aliphatic carbocycles. The molecule has 1 nitrogen and oxygen atoms in total. The molecule has 0 aliphatic heterocycles. The van der Waals surface area contributed by atoms with Crippen LogP contribution in [0, 0.1) is 0 Å². The van der Waals surface area contributed by atoms with Crippen LogP contribution in [0.4, 0.5) is 5.69 Å². The fourth-order valence-electron chi connectivity index (χ4n) is 1.28. The third kappa shape index (κ3) is 1.43. The number of benzene rings is 1. The van der Waals surface area contributed by atoms with Crippen molar-refractivity contribution in [2.45, 2.75) is 9.10 Å². The Kier molecular flexibility index (Phi) is 2.45. The number of thioether (sulfide) groups is 1. The normalized spacial score (nSPS) is 10.9. The summed E-state index contributed by atoms with van der Waals surface area (Å²) in [4.78, 5) is 1.02. The molecule has 2 N–H and O–H groups in total. The van der Waals surface area contributed by atoms with E-state index >= 15 is 0 Å². The SMILES string of the molecule is CSc1sc2cccc(N)c2c1S. The zero-order valence-corrected chi connectivity index (χ0v) is 9.60. The Balaban J connectivity index is 2.85. The first-order valence-corrected chi connectivity index (χ1v) is 6.27. The molecule has 13 heavy (non-hydrogen) atoms. The van der Waals surface area contributed by atoms with Crippen LogP contribution in [0.1, 0.15) is 0 Å². The Labute approximate surface area is 90.7 Å². The van der Waals surface area contributed by atoms with Gasteiger partial charge in [-0.3, -0.25) is 0 Å². The predicted octanol–water partition coefficient (Wildman–Crippen LogP) is 3.49. The zero-order chi connectivity index (χ0) is 9.42. The molecule has 0 fully saturated rings. The molecule has 2 rings (SSSR count). The number of nitrogen functional groups attached to an aromatic ring is 1. The molecule has 0 aliphatic rings. The average Bonchev–Trinajstić information content (AvgIpc) is 2.44. The van der Waals surface area contributed by atoms with Gasteiger partial charge in [0.25, 0.3) is 0 Å². The Bertz CT molecular complexity index is 447. The van der Waals surface area contributed by atoms with Crippen molar-refractivity contribution in [3.63, 3.8) is 0 Å². The van der Waals surface area contributed by atoms with E-state index in [1.807, 2.05) is 12.1 Å². The number of hydrogen-bond acceptors (Lipinski definition) is 4. The van der Waals surface area contributed by atoms with Gasteiger partial charge in [-0.15, -0.1) is 35.7 Å². The van der Waals surface area contributed by atoms with E-state index in [4.69, 9.17) is 5.73 Å². The predicted molar refractivity (Wildman–Crippen MR) is 65.3 cm³/mol. The van der Waals surface area contributed by atoms with Crippen molar-refractivity contribution in [1.82, 2.24) is 0 Å². The highest BCUT2D eigenvalue weighted by atomic mass is 32.2. The molecule has 1 aromatic carbocycles. The second kappa shape index (κ2) is 3.44. The summed E-state index contributed by atoms with van der Waals surface area (Å²) in [5.41, 5.74) is 6.69. The van der Waals surface area contributed by atoms with Crippen LogP contribution in [-0.4, -0.2) is 6.26 Å². The molecular weight excluding hydrogens is 218 g/mol. The van der Waals surface area contributed by atoms with Crippen molar-refractivity contribution >= 4 is 51.5 Å². The van der Waals surface area contributed by atoms with Gasteiger partial charge in [0.05, 0.1) is 4.21 Å². The van der Waals surface area contributed by atoms with Gasteiger partial charge >= 0.3 is 0 Å². The molecule has 0 saturated heterocycles. The summed E-state index contributed by atoms with van der Waals surface area (Å²) in [6.07, 6.45) is 2.06. The minimum atomic E-state index is 0.819. The maximum Gasteiger partial charge on any atom is 0.0743 e. The van der Waals surface area contributed by atoms with E-state index in [1.165, 1.54) is 8.91 Å². The highest BCUT2D eigenvalue weighted by Gasteiger charge is 2.09. The minimum Gasteiger partial charge on any atom is -0.398 e. The molecule has 0 saturated carbocycles. The standard InChI is InChI=1S/C9H9NS3/c1-12-9-8(11)7-5(10)3-2-4-6(7)13-9/h2-4,11H,10H2,1H3. The topological polar surface area (TPSA) is 26.0 Å². The Morgan fingerprint density at radius 1 is 1.46 bits per heavy atom. The van der Waals surface area contributed by atoms with E-state index in [2.05, 4.69) is 25.0 Å². The molecule has 0 radical (unpaired) electrons. The maximum atomic E-state index is 5.87. The monoisotopic (exact) mass is 227 g/mol. The Hall–Kier alpha value is -0.320. The molecule has 0 spiro atoms. The number of thiol groups is 1. The first-order valence-electron chi connectivity index (χ1n) is 3.78. The molecule has 1 aromatic heterocycles. The Morgan fingerprint density at radius 3 is 2.85 bits per heavy atom. The van der Waals surface area contributed by atoms with E-state index in [0.717, 1.165) is 16.0 Å². The van der Waals surface area contributed by atoms with Crippen LogP contribution in [0.3, 0.4) is 0 Å². The van der Waals surface area contributed by atoms with Gasteiger partial charge in [-0.25, -0.2) is 0 Å². The molecule has 0 atom stereocenters. The van der Waals surface area contributed by atoms with Gasteiger partial charge in [0.15, 0.2) is 0 Å². The summed E-state index contributed by atoms with van der Waals surface area (Å²) in [7, 11) is 0. The summed E-state index contributed by atoms with van der Waals surface area (Å²) in [6.45, 7) is 0. The van der Waals surface area contributed by atoms with E-state index in [-0.39, 0.29) is 0 Å². The van der Waals surface area contributed by atoms with Crippen LogP contribution < -0.4 is 5.73 Å². The molecule has 68 valence electrons. The van der Waals surface area contributed by atoms with E-state index in [1.54, 1.807) is 23.1 Å². The lowest BCUT2D eigenvalue weighted by molar-refractivity contribution is 1.47. The first kappa shape index (κ1) is 9.24. The van der Waals surface area contributed by atoms with Gasteiger partial charge in [-0.1, -0.05) is 6.07 Å². The van der Waals surface area contributed by atoms with Gasteiger partial charge in [0.1, 0.15) is 0 Å². The highest BCUT2D eigenvalue weighted by molar-refractivity contribution is 8.01. The van der Waals surface area contributed by atoms with Crippen LogP contribution >= 0.6 is 35.7 Å². The van der Waals surface area contributed by atoms with Gasteiger partial charge in [0.2, 0.25) is 0 Å². The van der Waals surface area contributed by atoms with Crippen LogP contribution in [-0.2, 0) is 0 Å². The molecule has 0 bridgehead atoms. The molecule has 0 unspecified atom stereocenters. The molecule has 2 aromatic rings. The number of anilines is 1. The molecular formula is C9H9NS3. The van der Waals surface area contributed by atoms with E-state index < -0.39 is 0 Å². The van der Waals surface area contributed by atoms with Gasteiger partial charge in [-0.2, -0.15) is 0 Å². The van der Waals surface area contributed by atoms with Crippen LogP contribution in [0.25, 0.3) is 10.1 Å². The van der Waals surface area contributed by atoms with Gasteiger partial charge in [0, 0.05) is 20.7 Å². The summed E-state index contributed by atoms with van der Waals surface area (Å²) < 4.78 is 2.45. The van der Waals surface area contributed by atoms with Gasteiger partial charge in [-0.05, 0) is 18.4 Å². The molecule has 0 amide bonds. The number of hydrogen-bond donors (Lipinski definition) is 2. The van der Waals surface area contributed by atoms with Gasteiger partial charge < -0.3 is 5.73 Å². The molecule has 1 heterocycles. The third-order valence-corrected chi connectivity index (χ3v) is 4.90. The van der Waals surface area contributed by atoms with E-state index in [0.29, 0.717) is 0 Å². The maximum absolute atomic E-state index is 5.87. The second-order valence-corrected chi connectivity index (χ2v) is 5.24. The van der Waals surface area contributed by atoms with Crippen molar-refractivity contribution < 1.29 is 0 Å². The van der Waals surface area contributed by atoms with Crippen molar-refractivity contribution in [2.24, 2.45) is 0 Å². The van der Waals surface area contributed by atoms with Crippen molar-refractivity contribution in [2.75, 3.05) is 12.0 Å². The average molecular weight is 227 g/mol. The third-order valence-electron chi connectivity index (χ3n) is 1.88. The summed E-state index contributed by atoms with van der Waals surface area (Å²) >= 11 is 7.94. The van der Waals surface area contributed by atoms with Crippen molar-refractivity contribution in [3.05, 3.63) is 18.2 Å². The fourth-order valence-corrected chi connectivity index (χ4v) is 3.78. The summed E-state index contributed by atoms with van der Waals surface area (Å²) in [6, 6.07) is 5.97. The first-order chi connectivity index (χ1) is 6.24. The highest BCUT2D eigenvalue weighted by Crippen LogP contribution is 2.41. The lowest BCUT2D eigenvalue weighted by Gasteiger charge is -1.96. The summed E-state index contributed by atoms with van der Waals surface area (Å²) in [5, 5.41) is 1.10. The Morgan fingerprint density at radius 2 is 2.23 bits per heavy atom. The van der Waals surface area contributed by atoms with E-state index in [9.17, 15) is 0 Å². The number of fused-ring (bicyclic) bond motifs is 1. The second-order valence-electron chi connectivity index (χ2n) is 2.66. The zero-order valence-electron chi connectivity index (χ0n) is 7.07. The van der Waals surface area contributed by atoms with Crippen LogP contribution in [0.5, 0.6) is 0 Å². The molecule has 4 heteroatoms. The lowest BCUT2D eigenvalue weighted by atomic mass is 10.2. The number of rotatable bonds is 1. The van der Waals surface area contributed by atoms with Crippen molar-refractivity contribution in [1.29, 1.82) is 0 Å². The number of nitrogens with two attached hydrogens (primary N) is 1. The lowest BCUT2D eigenvalue weighted by Crippen LogP contribution is -1.83. The van der Waals surface area contributed by atoms with Crippen LogP contribution in [0.15, 0.2) is 27.3 Å². The van der Waals surface area contributed by atoms with Crippen molar-refractivity contribution in [3.8, 4) is 0 Å².